The third kappa shape index (κ3) is 4.64. The summed E-state index contributed by atoms with van der Waals surface area (Å²) in [5.41, 5.74) is 1.98. The Bertz CT molecular complexity index is 1060. The molecule has 0 aliphatic rings. The van der Waals surface area contributed by atoms with E-state index < -0.39 is 31.1 Å². The number of carbonyl (C=O) groups is 2. The van der Waals surface area contributed by atoms with E-state index in [9.17, 15) is 18.4 Å². The molecule has 3 aromatic rings. The first-order valence-corrected chi connectivity index (χ1v) is 9.56. The van der Waals surface area contributed by atoms with Crippen molar-refractivity contribution in [2.45, 2.75) is 40.0 Å². The molecular weight excluding hydrogens is 392 g/mol. The smallest absolute Gasteiger partial charge is 0.329 e. The number of hydrogen-bond acceptors (Lipinski definition) is 4. The van der Waals surface area contributed by atoms with Crippen LogP contribution < -0.4 is 5.32 Å². The topological polar surface area (TPSA) is 73.2 Å². The number of carbonyl (C=O) groups excluding carboxylic acids is 2. The number of aromatic nitrogens is 2. The predicted molar refractivity (Wildman–Crippen MR) is 108 cm³/mol. The zero-order chi connectivity index (χ0) is 21.8. The highest BCUT2D eigenvalue weighted by atomic mass is 19.3. The second-order valence-electron chi connectivity index (χ2n) is 7.34. The van der Waals surface area contributed by atoms with Crippen LogP contribution in [0.5, 0.6) is 0 Å². The molecule has 0 saturated carbocycles. The predicted octanol–water partition coefficient (Wildman–Crippen LogP) is 4.24. The number of fused-ring (bicyclic) bond motifs is 1. The fourth-order valence-corrected chi connectivity index (χ4v) is 3.15. The van der Waals surface area contributed by atoms with E-state index in [-0.39, 0.29) is 17.3 Å². The summed E-state index contributed by atoms with van der Waals surface area (Å²) in [5.74, 6) is -1.44. The van der Waals surface area contributed by atoms with Crippen LogP contribution in [0.15, 0.2) is 48.5 Å². The van der Waals surface area contributed by atoms with Crippen molar-refractivity contribution in [3.8, 4) is 0 Å². The molecule has 0 saturated heterocycles. The van der Waals surface area contributed by atoms with E-state index in [1.54, 1.807) is 50.2 Å². The number of alkyl halides is 2. The summed E-state index contributed by atoms with van der Waals surface area (Å²) in [6, 6.07) is 12.5. The molecule has 0 aliphatic heterocycles. The Labute approximate surface area is 172 Å². The van der Waals surface area contributed by atoms with E-state index in [1.807, 2.05) is 13.0 Å². The molecule has 1 amide bonds. The van der Waals surface area contributed by atoms with Crippen molar-refractivity contribution < 1.29 is 23.1 Å². The van der Waals surface area contributed by atoms with Gasteiger partial charge in [0, 0.05) is 5.56 Å². The third-order valence-corrected chi connectivity index (χ3v) is 4.70. The molecule has 1 atom stereocenters. The molecule has 0 unspecified atom stereocenters. The average molecular weight is 415 g/mol. The molecule has 1 aromatic heterocycles. The van der Waals surface area contributed by atoms with E-state index in [0.717, 1.165) is 10.1 Å². The molecule has 2 aromatic carbocycles. The Morgan fingerprint density at radius 1 is 1.13 bits per heavy atom. The van der Waals surface area contributed by atoms with Crippen molar-refractivity contribution >= 4 is 22.9 Å². The number of ether oxygens (including phenoxy) is 1. The van der Waals surface area contributed by atoms with Crippen molar-refractivity contribution in [1.82, 2.24) is 14.9 Å². The fourth-order valence-electron chi connectivity index (χ4n) is 3.15. The number of nitrogens with zero attached hydrogens (tertiary/aromatic N) is 2. The van der Waals surface area contributed by atoms with Crippen LogP contribution in [0.4, 0.5) is 8.78 Å². The van der Waals surface area contributed by atoms with Gasteiger partial charge in [-0.25, -0.2) is 9.78 Å². The third-order valence-electron chi connectivity index (χ3n) is 4.70. The van der Waals surface area contributed by atoms with Crippen LogP contribution >= 0.6 is 0 Å². The summed E-state index contributed by atoms with van der Waals surface area (Å²) in [4.78, 5) is 29.3. The maximum Gasteiger partial charge on any atom is 0.329 e. The van der Waals surface area contributed by atoms with Gasteiger partial charge in [-0.3, -0.25) is 9.36 Å². The Morgan fingerprint density at radius 2 is 1.87 bits per heavy atom. The highest BCUT2D eigenvalue weighted by Gasteiger charge is 2.27. The van der Waals surface area contributed by atoms with Gasteiger partial charge in [0.1, 0.15) is 12.6 Å². The number of hydrogen-bond donors (Lipinski definition) is 1. The van der Waals surface area contributed by atoms with Gasteiger partial charge in [-0.05, 0) is 37.1 Å². The van der Waals surface area contributed by atoms with Gasteiger partial charge in [-0.2, -0.15) is 8.78 Å². The summed E-state index contributed by atoms with van der Waals surface area (Å²) in [5, 5.41) is 2.67. The van der Waals surface area contributed by atoms with Crippen LogP contribution in [0, 0.1) is 12.8 Å². The maximum atomic E-state index is 13.5. The first-order chi connectivity index (χ1) is 14.3. The van der Waals surface area contributed by atoms with Crippen molar-refractivity contribution in [2.75, 3.05) is 0 Å². The van der Waals surface area contributed by atoms with Crippen molar-refractivity contribution in [3.63, 3.8) is 0 Å². The minimum absolute atomic E-state index is 0.0629. The van der Waals surface area contributed by atoms with Gasteiger partial charge in [0.15, 0.2) is 5.82 Å². The minimum Gasteiger partial charge on any atom is -0.456 e. The number of aryl methyl sites for hydroxylation is 1. The number of esters is 1. The van der Waals surface area contributed by atoms with Gasteiger partial charge in [0.05, 0.1) is 11.0 Å². The molecule has 3 rings (SSSR count). The lowest BCUT2D eigenvalue weighted by atomic mass is 10.0. The number of para-hydroxylation sites is 2. The van der Waals surface area contributed by atoms with Crippen molar-refractivity contribution in [3.05, 3.63) is 65.5 Å². The van der Waals surface area contributed by atoms with Gasteiger partial charge >= 0.3 is 12.5 Å². The van der Waals surface area contributed by atoms with Crippen LogP contribution in [0.25, 0.3) is 11.0 Å². The zero-order valence-electron chi connectivity index (χ0n) is 16.9. The summed E-state index contributed by atoms with van der Waals surface area (Å²) in [6.45, 7) is 2.13. The number of benzene rings is 2. The zero-order valence-corrected chi connectivity index (χ0v) is 16.9. The molecule has 0 fully saturated rings. The summed E-state index contributed by atoms with van der Waals surface area (Å²) in [7, 11) is 0. The molecule has 30 heavy (non-hydrogen) atoms. The lowest BCUT2D eigenvalue weighted by molar-refractivity contribution is -0.149. The molecule has 1 N–H and O–H groups in total. The summed E-state index contributed by atoms with van der Waals surface area (Å²) < 4.78 is 33.0. The Morgan fingerprint density at radius 3 is 2.53 bits per heavy atom. The Balaban J connectivity index is 1.74. The normalized spacial score (nSPS) is 12.4. The number of halogens is 2. The van der Waals surface area contributed by atoms with E-state index in [4.69, 9.17) is 4.74 Å². The highest BCUT2D eigenvalue weighted by molar-refractivity contribution is 5.97. The van der Waals surface area contributed by atoms with Gasteiger partial charge < -0.3 is 10.1 Å². The molecule has 0 bridgehead atoms. The van der Waals surface area contributed by atoms with E-state index in [0.29, 0.717) is 11.1 Å². The SMILES string of the molecule is Cc1cccc(C(=O)N[C@H](C(=O)OCc2nc3ccccc3n2C(F)F)C(C)C)c1. The lowest BCUT2D eigenvalue weighted by Gasteiger charge is -2.21. The van der Waals surface area contributed by atoms with Gasteiger partial charge in [0.25, 0.3) is 5.91 Å². The monoisotopic (exact) mass is 415 g/mol. The Hall–Kier alpha value is -3.29. The van der Waals surface area contributed by atoms with E-state index >= 15 is 0 Å². The second kappa shape index (κ2) is 9.02. The summed E-state index contributed by atoms with van der Waals surface area (Å²) >= 11 is 0. The van der Waals surface area contributed by atoms with Crippen LogP contribution in [0.3, 0.4) is 0 Å². The molecule has 6 nitrogen and oxygen atoms in total. The molecule has 0 aliphatic carbocycles. The first-order valence-electron chi connectivity index (χ1n) is 9.56. The van der Waals surface area contributed by atoms with Crippen molar-refractivity contribution in [1.29, 1.82) is 0 Å². The van der Waals surface area contributed by atoms with Gasteiger partial charge in [0.2, 0.25) is 0 Å². The number of amides is 1. The lowest BCUT2D eigenvalue weighted by Crippen LogP contribution is -2.45. The molecule has 158 valence electrons. The quantitative estimate of drug-likeness (QED) is 0.586. The number of nitrogens with one attached hydrogen (secondary N) is 1. The standard InChI is InChI=1S/C22H23F2N3O3/c1-13(2)19(26-20(28)15-8-6-7-14(3)11-15)21(29)30-12-18-25-16-9-4-5-10-17(16)27(18)22(23)24/h4-11,13,19,22H,12H2,1-3H3,(H,26,28)/t19-/m0/s1. The van der Waals surface area contributed by atoms with Gasteiger partial charge in [-0.15, -0.1) is 0 Å². The van der Waals surface area contributed by atoms with Crippen LogP contribution in [0.1, 0.15) is 42.1 Å². The molecule has 0 radical (unpaired) electrons. The molecule has 0 spiro atoms. The number of imidazole rings is 1. The number of rotatable bonds is 7. The van der Waals surface area contributed by atoms with E-state index in [2.05, 4.69) is 10.3 Å². The average Bonchev–Trinajstić information content (AvgIpc) is 3.08. The van der Waals surface area contributed by atoms with Crippen LogP contribution in [-0.2, 0) is 16.1 Å². The molecule has 1 heterocycles. The molecule has 8 heteroatoms. The highest BCUT2D eigenvalue weighted by Crippen LogP contribution is 2.23. The first kappa shape index (κ1) is 21.4. The van der Waals surface area contributed by atoms with Crippen LogP contribution in [0.2, 0.25) is 0 Å². The minimum atomic E-state index is -2.83. The second-order valence-corrected chi connectivity index (χ2v) is 7.34. The fraction of sp³-hybridized carbons (Fsp3) is 0.318. The summed E-state index contributed by atoms with van der Waals surface area (Å²) in [6.07, 6.45) is 0. The van der Waals surface area contributed by atoms with Crippen molar-refractivity contribution in [2.24, 2.45) is 5.92 Å². The Kier molecular flexibility index (Phi) is 6.44. The largest absolute Gasteiger partial charge is 0.456 e. The van der Waals surface area contributed by atoms with Gasteiger partial charge in [-0.1, -0.05) is 43.7 Å². The van der Waals surface area contributed by atoms with E-state index in [1.165, 1.54) is 6.07 Å². The van der Waals surface area contributed by atoms with Crippen LogP contribution in [-0.4, -0.2) is 27.5 Å². The molecular formula is C22H23F2N3O3. The maximum absolute atomic E-state index is 13.5.